The first-order valence-electron chi connectivity index (χ1n) is 9.74. The fourth-order valence-corrected chi connectivity index (χ4v) is 3.48. The van der Waals surface area contributed by atoms with E-state index in [0.29, 0.717) is 54.7 Å². The molecule has 10 heteroatoms. The average Bonchev–Trinajstić information content (AvgIpc) is 2.78. The number of carbonyl (C=O) groups is 1. The van der Waals surface area contributed by atoms with Crippen LogP contribution in [0.5, 0.6) is 0 Å². The zero-order valence-electron chi connectivity index (χ0n) is 17.2. The summed E-state index contributed by atoms with van der Waals surface area (Å²) in [6, 6.07) is 5.74. The predicted octanol–water partition coefficient (Wildman–Crippen LogP) is 1.92. The SMILES string of the molecule is CN(C)c1cc(C(=O)O)nc2c(-c3ccc(F)c(CO)c3)nc(N3CCOCC3)nc12. The van der Waals surface area contributed by atoms with Gasteiger partial charge in [0.2, 0.25) is 5.95 Å². The summed E-state index contributed by atoms with van der Waals surface area (Å²) < 4.78 is 19.4. The standard InChI is InChI=1S/C21H22FN5O4/c1-26(2)16-10-15(20(29)30)23-19-17(12-3-4-14(22)13(9-12)11-28)24-21(25-18(16)19)27-5-7-31-8-6-27/h3-4,9-10,28H,5-8,11H2,1-2H3,(H,29,30). The molecular weight excluding hydrogens is 405 g/mol. The first-order chi connectivity index (χ1) is 14.9. The molecule has 3 aromatic rings. The number of anilines is 2. The molecule has 4 rings (SSSR count). The minimum absolute atomic E-state index is 0.111. The van der Waals surface area contributed by atoms with Gasteiger partial charge in [0.25, 0.3) is 0 Å². The van der Waals surface area contributed by atoms with Crippen molar-refractivity contribution in [1.29, 1.82) is 0 Å². The van der Waals surface area contributed by atoms with Crippen LogP contribution in [0.25, 0.3) is 22.3 Å². The third kappa shape index (κ3) is 3.99. The molecule has 1 saturated heterocycles. The Morgan fingerprint density at radius 3 is 2.55 bits per heavy atom. The van der Waals surface area contributed by atoms with Crippen LogP contribution in [0.1, 0.15) is 16.1 Å². The maximum atomic E-state index is 14.0. The highest BCUT2D eigenvalue weighted by atomic mass is 19.1. The van der Waals surface area contributed by atoms with Gasteiger partial charge in [0.15, 0.2) is 5.69 Å². The zero-order valence-corrected chi connectivity index (χ0v) is 17.2. The second kappa shape index (κ2) is 8.40. The molecule has 3 heterocycles. The second-order valence-corrected chi connectivity index (χ2v) is 7.36. The van der Waals surface area contributed by atoms with E-state index in [9.17, 15) is 19.4 Å². The number of nitrogens with zero attached hydrogens (tertiary/aromatic N) is 5. The van der Waals surface area contributed by atoms with Crippen molar-refractivity contribution in [2.45, 2.75) is 6.61 Å². The molecule has 31 heavy (non-hydrogen) atoms. The number of rotatable bonds is 5. The number of hydrogen-bond acceptors (Lipinski definition) is 8. The second-order valence-electron chi connectivity index (χ2n) is 7.36. The number of hydrogen-bond donors (Lipinski definition) is 2. The van der Waals surface area contributed by atoms with Gasteiger partial charge in [-0.05, 0) is 24.3 Å². The maximum Gasteiger partial charge on any atom is 0.354 e. The minimum Gasteiger partial charge on any atom is -0.477 e. The molecule has 0 radical (unpaired) electrons. The fourth-order valence-electron chi connectivity index (χ4n) is 3.48. The quantitative estimate of drug-likeness (QED) is 0.631. The Labute approximate surface area is 177 Å². The molecule has 1 aliphatic rings. The van der Waals surface area contributed by atoms with E-state index in [-0.39, 0.29) is 16.8 Å². The van der Waals surface area contributed by atoms with E-state index in [0.717, 1.165) is 0 Å². The molecule has 1 fully saturated rings. The molecule has 2 N–H and O–H groups in total. The van der Waals surface area contributed by atoms with Gasteiger partial charge in [0.05, 0.1) is 25.5 Å². The van der Waals surface area contributed by atoms with Crippen LogP contribution < -0.4 is 9.80 Å². The Morgan fingerprint density at radius 1 is 1.16 bits per heavy atom. The maximum absolute atomic E-state index is 14.0. The third-order valence-corrected chi connectivity index (χ3v) is 5.10. The number of aliphatic hydroxyl groups is 1. The number of aliphatic hydroxyl groups excluding tert-OH is 1. The molecule has 0 saturated carbocycles. The van der Waals surface area contributed by atoms with E-state index in [1.165, 1.54) is 24.3 Å². The number of pyridine rings is 1. The number of carboxylic acids is 1. The highest BCUT2D eigenvalue weighted by molar-refractivity contribution is 6.01. The van der Waals surface area contributed by atoms with Crippen LogP contribution in [0.2, 0.25) is 0 Å². The number of ether oxygens (including phenoxy) is 1. The summed E-state index contributed by atoms with van der Waals surface area (Å²) in [5.74, 6) is -1.26. The van der Waals surface area contributed by atoms with Gasteiger partial charge < -0.3 is 24.7 Å². The van der Waals surface area contributed by atoms with Crippen LogP contribution in [0.15, 0.2) is 24.3 Å². The summed E-state index contributed by atoms with van der Waals surface area (Å²) in [7, 11) is 3.58. The summed E-state index contributed by atoms with van der Waals surface area (Å²) in [5.41, 5.74) is 2.18. The summed E-state index contributed by atoms with van der Waals surface area (Å²) in [5, 5.41) is 19.1. The highest BCUT2D eigenvalue weighted by Gasteiger charge is 2.22. The normalized spacial score (nSPS) is 14.1. The summed E-state index contributed by atoms with van der Waals surface area (Å²) in [4.78, 5) is 29.1. The molecule has 162 valence electrons. The number of morpholine rings is 1. The molecule has 0 spiro atoms. The van der Waals surface area contributed by atoms with Crippen LogP contribution in [0.3, 0.4) is 0 Å². The molecule has 0 bridgehead atoms. The van der Waals surface area contributed by atoms with Gasteiger partial charge in [-0.25, -0.2) is 24.1 Å². The van der Waals surface area contributed by atoms with Crippen molar-refractivity contribution in [2.24, 2.45) is 0 Å². The average molecular weight is 427 g/mol. The molecule has 1 aromatic carbocycles. The van der Waals surface area contributed by atoms with E-state index >= 15 is 0 Å². The van der Waals surface area contributed by atoms with Gasteiger partial charge in [-0.15, -0.1) is 0 Å². The van der Waals surface area contributed by atoms with Crippen molar-refractivity contribution in [3.05, 3.63) is 41.3 Å². The summed E-state index contributed by atoms with van der Waals surface area (Å²) >= 11 is 0. The Balaban J connectivity index is 2.04. The smallest absolute Gasteiger partial charge is 0.354 e. The number of aromatic carboxylic acids is 1. The lowest BCUT2D eigenvalue weighted by molar-refractivity contribution is 0.0691. The number of carboxylic acid groups (broad SMARTS) is 1. The molecule has 1 aliphatic heterocycles. The lowest BCUT2D eigenvalue weighted by atomic mass is 10.1. The van der Waals surface area contributed by atoms with Crippen LogP contribution in [0, 0.1) is 5.82 Å². The van der Waals surface area contributed by atoms with Crippen LogP contribution >= 0.6 is 0 Å². The summed E-state index contributed by atoms with van der Waals surface area (Å²) in [6.07, 6.45) is 0. The monoisotopic (exact) mass is 427 g/mol. The topological polar surface area (TPSA) is 112 Å². The zero-order chi connectivity index (χ0) is 22.1. The molecule has 2 aromatic heterocycles. The highest BCUT2D eigenvalue weighted by Crippen LogP contribution is 2.33. The predicted molar refractivity (Wildman–Crippen MR) is 113 cm³/mol. The van der Waals surface area contributed by atoms with Gasteiger partial charge >= 0.3 is 5.97 Å². The lowest BCUT2D eigenvalue weighted by Gasteiger charge is -2.28. The van der Waals surface area contributed by atoms with Crippen LogP contribution in [-0.4, -0.2) is 71.5 Å². The Bertz CT molecular complexity index is 1150. The van der Waals surface area contributed by atoms with Crippen molar-refractivity contribution in [1.82, 2.24) is 15.0 Å². The lowest BCUT2D eigenvalue weighted by Crippen LogP contribution is -2.37. The molecule has 0 aliphatic carbocycles. The van der Waals surface area contributed by atoms with Crippen molar-refractivity contribution in [3.8, 4) is 11.3 Å². The summed E-state index contributed by atoms with van der Waals surface area (Å²) in [6.45, 7) is 1.81. The molecule has 0 amide bonds. The van der Waals surface area contributed by atoms with Crippen molar-refractivity contribution in [3.63, 3.8) is 0 Å². The first-order valence-corrected chi connectivity index (χ1v) is 9.74. The van der Waals surface area contributed by atoms with Gasteiger partial charge in [-0.1, -0.05) is 0 Å². The van der Waals surface area contributed by atoms with Crippen molar-refractivity contribution < 1.29 is 24.1 Å². The Hall–Kier alpha value is -3.37. The van der Waals surface area contributed by atoms with E-state index in [4.69, 9.17) is 9.72 Å². The molecule has 0 unspecified atom stereocenters. The van der Waals surface area contributed by atoms with Crippen LogP contribution in [-0.2, 0) is 11.3 Å². The van der Waals surface area contributed by atoms with Gasteiger partial charge in [0.1, 0.15) is 22.5 Å². The molecule has 9 nitrogen and oxygen atoms in total. The van der Waals surface area contributed by atoms with Crippen molar-refractivity contribution in [2.75, 3.05) is 50.2 Å². The third-order valence-electron chi connectivity index (χ3n) is 5.10. The minimum atomic E-state index is -1.18. The molecule has 0 atom stereocenters. The fraction of sp³-hybridized carbons (Fsp3) is 0.333. The Morgan fingerprint density at radius 2 is 1.90 bits per heavy atom. The Kier molecular flexibility index (Phi) is 5.66. The number of halogens is 1. The van der Waals surface area contributed by atoms with E-state index in [1.54, 1.807) is 19.0 Å². The number of benzene rings is 1. The largest absolute Gasteiger partial charge is 0.477 e. The van der Waals surface area contributed by atoms with Gasteiger partial charge in [-0.2, -0.15) is 0 Å². The first kappa shape index (κ1) is 20.9. The van der Waals surface area contributed by atoms with Gasteiger partial charge in [0, 0.05) is 38.3 Å². The van der Waals surface area contributed by atoms with Crippen molar-refractivity contribution >= 4 is 28.6 Å². The van der Waals surface area contributed by atoms with Gasteiger partial charge in [-0.3, -0.25) is 0 Å². The van der Waals surface area contributed by atoms with E-state index < -0.39 is 18.4 Å². The molecular formula is C21H22FN5O4. The number of fused-ring (bicyclic) bond motifs is 1. The van der Waals surface area contributed by atoms with Crippen LogP contribution in [0.4, 0.5) is 16.0 Å². The van der Waals surface area contributed by atoms with E-state index in [1.807, 2.05) is 4.90 Å². The number of aromatic nitrogens is 3. The van der Waals surface area contributed by atoms with E-state index in [2.05, 4.69) is 9.97 Å².